The largest absolute Gasteiger partial charge is 0.502 e. The molecule has 90 valence electrons. The molecule has 0 spiro atoms. The van der Waals surface area contributed by atoms with Crippen molar-refractivity contribution in [3.63, 3.8) is 0 Å². The molecule has 0 aliphatic rings. The highest BCUT2D eigenvalue weighted by Crippen LogP contribution is 2.38. The summed E-state index contributed by atoms with van der Waals surface area (Å²) in [6.07, 6.45) is 0.0548. The molecular formula is C13H20O3. The Labute approximate surface area is 97.0 Å². The molecule has 0 aliphatic carbocycles. The molecule has 0 atom stereocenters. The van der Waals surface area contributed by atoms with Gasteiger partial charge in [-0.3, -0.25) is 0 Å². The number of aromatic hydroxyl groups is 1. The summed E-state index contributed by atoms with van der Waals surface area (Å²) < 4.78 is 11.0. The molecule has 0 aromatic heterocycles. The summed E-state index contributed by atoms with van der Waals surface area (Å²) in [6.45, 7) is 9.63. The van der Waals surface area contributed by atoms with Gasteiger partial charge in [-0.2, -0.15) is 0 Å². The van der Waals surface area contributed by atoms with Crippen molar-refractivity contribution in [3.8, 4) is 17.2 Å². The summed E-state index contributed by atoms with van der Waals surface area (Å²) in [5, 5.41) is 9.96. The van der Waals surface area contributed by atoms with Crippen LogP contribution in [0, 0.1) is 6.92 Å². The monoisotopic (exact) mass is 224 g/mol. The van der Waals surface area contributed by atoms with Gasteiger partial charge in [-0.05, 0) is 52.3 Å². The van der Waals surface area contributed by atoms with E-state index in [1.807, 2.05) is 46.8 Å². The van der Waals surface area contributed by atoms with Crippen molar-refractivity contribution in [1.82, 2.24) is 0 Å². The summed E-state index contributed by atoms with van der Waals surface area (Å²) in [5.74, 6) is 1.03. The van der Waals surface area contributed by atoms with Crippen molar-refractivity contribution < 1.29 is 14.6 Å². The van der Waals surface area contributed by atoms with Crippen LogP contribution in [-0.4, -0.2) is 17.3 Å². The maximum Gasteiger partial charge on any atom is 0.200 e. The number of phenolic OH excluding ortho intramolecular Hbond substituents is 1. The van der Waals surface area contributed by atoms with Crippen LogP contribution < -0.4 is 9.47 Å². The molecule has 1 rings (SSSR count). The van der Waals surface area contributed by atoms with Crippen LogP contribution in [0.2, 0.25) is 0 Å². The van der Waals surface area contributed by atoms with Crippen molar-refractivity contribution in [1.29, 1.82) is 0 Å². The fourth-order valence-corrected chi connectivity index (χ4v) is 1.40. The number of aryl methyl sites for hydroxylation is 1. The van der Waals surface area contributed by atoms with Crippen molar-refractivity contribution in [2.75, 3.05) is 0 Å². The fraction of sp³-hybridized carbons (Fsp3) is 0.538. The van der Waals surface area contributed by atoms with E-state index in [4.69, 9.17) is 9.47 Å². The number of phenols is 1. The molecule has 0 radical (unpaired) electrons. The Morgan fingerprint density at radius 2 is 1.31 bits per heavy atom. The number of rotatable bonds is 4. The van der Waals surface area contributed by atoms with Crippen LogP contribution in [0.25, 0.3) is 0 Å². The molecule has 1 aromatic carbocycles. The molecule has 3 heteroatoms. The highest BCUT2D eigenvalue weighted by molar-refractivity contribution is 5.52. The Kier molecular flexibility index (Phi) is 4.05. The fourth-order valence-electron chi connectivity index (χ4n) is 1.40. The first-order chi connectivity index (χ1) is 7.40. The summed E-state index contributed by atoms with van der Waals surface area (Å²) >= 11 is 0. The molecule has 0 bridgehead atoms. The Morgan fingerprint density at radius 3 is 1.62 bits per heavy atom. The van der Waals surface area contributed by atoms with Crippen LogP contribution in [0.5, 0.6) is 17.2 Å². The topological polar surface area (TPSA) is 38.7 Å². The predicted molar refractivity (Wildman–Crippen MR) is 64.4 cm³/mol. The number of ether oxygens (including phenoxy) is 2. The third-order valence-electron chi connectivity index (χ3n) is 1.91. The molecule has 0 unspecified atom stereocenters. The number of hydrogen-bond donors (Lipinski definition) is 1. The van der Waals surface area contributed by atoms with E-state index < -0.39 is 0 Å². The van der Waals surface area contributed by atoms with Crippen LogP contribution in [0.4, 0.5) is 0 Å². The molecule has 1 N–H and O–H groups in total. The van der Waals surface area contributed by atoms with E-state index in [0.29, 0.717) is 11.5 Å². The summed E-state index contributed by atoms with van der Waals surface area (Å²) in [7, 11) is 0. The van der Waals surface area contributed by atoms with E-state index in [9.17, 15) is 5.11 Å². The van der Waals surface area contributed by atoms with Gasteiger partial charge in [0.15, 0.2) is 11.5 Å². The van der Waals surface area contributed by atoms with Crippen molar-refractivity contribution in [2.24, 2.45) is 0 Å². The van der Waals surface area contributed by atoms with Crippen LogP contribution in [0.15, 0.2) is 12.1 Å². The van der Waals surface area contributed by atoms with Crippen LogP contribution in [-0.2, 0) is 0 Å². The van der Waals surface area contributed by atoms with E-state index in [-0.39, 0.29) is 18.0 Å². The highest BCUT2D eigenvalue weighted by atomic mass is 16.5. The van der Waals surface area contributed by atoms with E-state index in [0.717, 1.165) is 5.56 Å². The molecule has 1 aromatic rings. The maximum absolute atomic E-state index is 9.96. The van der Waals surface area contributed by atoms with Crippen molar-refractivity contribution >= 4 is 0 Å². The van der Waals surface area contributed by atoms with E-state index >= 15 is 0 Å². The minimum atomic E-state index is 0.0274. The Hall–Kier alpha value is -1.38. The Morgan fingerprint density at radius 1 is 0.938 bits per heavy atom. The quantitative estimate of drug-likeness (QED) is 0.853. The van der Waals surface area contributed by atoms with Crippen LogP contribution in [0.3, 0.4) is 0 Å². The molecular weight excluding hydrogens is 204 g/mol. The van der Waals surface area contributed by atoms with Gasteiger partial charge >= 0.3 is 0 Å². The standard InChI is InChI=1S/C13H20O3/c1-8(2)15-11-6-10(5)7-12(13(11)14)16-9(3)4/h6-9,14H,1-5H3. The average molecular weight is 224 g/mol. The predicted octanol–water partition coefficient (Wildman–Crippen LogP) is 3.28. The van der Waals surface area contributed by atoms with E-state index in [2.05, 4.69) is 0 Å². The lowest BCUT2D eigenvalue weighted by Gasteiger charge is -2.17. The van der Waals surface area contributed by atoms with Crippen molar-refractivity contribution in [2.45, 2.75) is 46.8 Å². The SMILES string of the molecule is Cc1cc(OC(C)C)c(O)c(OC(C)C)c1. The minimum Gasteiger partial charge on any atom is -0.502 e. The Bertz CT molecular complexity index is 325. The molecule has 0 saturated carbocycles. The van der Waals surface area contributed by atoms with E-state index in [1.165, 1.54) is 0 Å². The van der Waals surface area contributed by atoms with Gasteiger partial charge in [0.05, 0.1) is 12.2 Å². The first-order valence-electron chi connectivity index (χ1n) is 5.57. The maximum atomic E-state index is 9.96. The molecule has 0 heterocycles. The summed E-state index contributed by atoms with van der Waals surface area (Å²) in [5.41, 5.74) is 1.00. The molecule has 0 fully saturated rings. The average Bonchev–Trinajstić information content (AvgIpc) is 2.11. The van der Waals surface area contributed by atoms with Gasteiger partial charge in [-0.1, -0.05) is 0 Å². The molecule has 3 nitrogen and oxygen atoms in total. The molecule has 16 heavy (non-hydrogen) atoms. The number of benzene rings is 1. The van der Waals surface area contributed by atoms with Gasteiger partial charge in [0.1, 0.15) is 0 Å². The lowest BCUT2D eigenvalue weighted by molar-refractivity contribution is 0.211. The van der Waals surface area contributed by atoms with Gasteiger partial charge in [0.2, 0.25) is 5.75 Å². The second-order valence-electron chi connectivity index (χ2n) is 4.44. The van der Waals surface area contributed by atoms with Crippen molar-refractivity contribution in [3.05, 3.63) is 17.7 Å². The van der Waals surface area contributed by atoms with Crippen LogP contribution in [0.1, 0.15) is 33.3 Å². The van der Waals surface area contributed by atoms with E-state index in [1.54, 1.807) is 0 Å². The van der Waals surface area contributed by atoms with Gasteiger partial charge in [0.25, 0.3) is 0 Å². The normalized spacial score (nSPS) is 10.9. The molecule has 0 saturated heterocycles. The zero-order chi connectivity index (χ0) is 12.3. The smallest absolute Gasteiger partial charge is 0.200 e. The highest BCUT2D eigenvalue weighted by Gasteiger charge is 2.13. The zero-order valence-corrected chi connectivity index (χ0v) is 10.6. The first kappa shape index (κ1) is 12.7. The number of hydrogen-bond acceptors (Lipinski definition) is 3. The Balaban J connectivity index is 3.05. The third kappa shape index (κ3) is 3.33. The summed E-state index contributed by atoms with van der Waals surface area (Å²) in [4.78, 5) is 0. The zero-order valence-electron chi connectivity index (χ0n) is 10.6. The van der Waals surface area contributed by atoms with Gasteiger partial charge in [-0.15, -0.1) is 0 Å². The lowest BCUT2D eigenvalue weighted by Crippen LogP contribution is -2.08. The second kappa shape index (κ2) is 5.10. The second-order valence-corrected chi connectivity index (χ2v) is 4.44. The third-order valence-corrected chi connectivity index (χ3v) is 1.91. The van der Waals surface area contributed by atoms with Gasteiger partial charge in [-0.25, -0.2) is 0 Å². The first-order valence-corrected chi connectivity index (χ1v) is 5.57. The van der Waals surface area contributed by atoms with Crippen LogP contribution >= 0.6 is 0 Å². The van der Waals surface area contributed by atoms with Gasteiger partial charge < -0.3 is 14.6 Å². The minimum absolute atomic E-state index is 0.0274. The van der Waals surface area contributed by atoms with Gasteiger partial charge in [0, 0.05) is 0 Å². The molecule has 0 aliphatic heterocycles. The molecule has 0 amide bonds. The lowest BCUT2D eigenvalue weighted by atomic mass is 10.2. The summed E-state index contributed by atoms with van der Waals surface area (Å²) in [6, 6.07) is 3.62.